The minimum absolute atomic E-state index is 0.0275. The predicted molar refractivity (Wildman–Crippen MR) is 85.3 cm³/mol. The molecule has 5 heteroatoms. The van der Waals surface area contributed by atoms with Gasteiger partial charge >= 0.3 is 0 Å². The minimum atomic E-state index is -3.30. The van der Waals surface area contributed by atoms with Gasteiger partial charge < -0.3 is 5.32 Å². The summed E-state index contributed by atoms with van der Waals surface area (Å²) in [6.45, 7) is 6.13. The van der Waals surface area contributed by atoms with Gasteiger partial charge in [0.05, 0.1) is 6.04 Å². The molecule has 1 aromatic heterocycles. The Labute approximate surface area is 126 Å². The number of rotatable bonds is 4. The molecule has 4 nitrogen and oxygen atoms in total. The summed E-state index contributed by atoms with van der Waals surface area (Å²) in [5.41, 5.74) is 3.56. The van der Waals surface area contributed by atoms with Crippen LogP contribution in [0.1, 0.15) is 29.7 Å². The summed E-state index contributed by atoms with van der Waals surface area (Å²) in [4.78, 5) is 4.40. The Balaban J connectivity index is 2.37. The summed E-state index contributed by atoms with van der Waals surface area (Å²) in [5, 5.41) is 3.21. The number of hydrogen-bond donors (Lipinski definition) is 1. The molecular formula is C16H20N2O2S. The van der Waals surface area contributed by atoms with Gasteiger partial charge in [0.1, 0.15) is 10.7 Å². The van der Waals surface area contributed by atoms with Crippen LogP contribution in [0.4, 0.5) is 5.82 Å². The highest BCUT2D eigenvalue weighted by Crippen LogP contribution is 2.26. The summed E-state index contributed by atoms with van der Waals surface area (Å²) < 4.78 is 23.6. The maximum absolute atomic E-state index is 11.8. The molecule has 0 aliphatic rings. The molecule has 0 radical (unpaired) electrons. The lowest BCUT2D eigenvalue weighted by Gasteiger charge is -2.19. The van der Waals surface area contributed by atoms with E-state index in [1.165, 1.54) is 17.4 Å². The van der Waals surface area contributed by atoms with Crippen LogP contribution in [-0.4, -0.2) is 19.7 Å². The van der Waals surface area contributed by atoms with Gasteiger partial charge in [0.15, 0.2) is 9.84 Å². The molecule has 0 saturated carbocycles. The second-order valence-electron chi connectivity index (χ2n) is 5.28. The first-order valence-electron chi connectivity index (χ1n) is 6.78. The highest BCUT2D eigenvalue weighted by atomic mass is 32.2. The summed E-state index contributed by atoms with van der Waals surface area (Å²) in [7, 11) is -3.30. The smallest absolute Gasteiger partial charge is 0.179 e. The van der Waals surface area contributed by atoms with Gasteiger partial charge in [-0.05, 0) is 49.6 Å². The van der Waals surface area contributed by atoms with Gasteiger partial charge in [-0.15, -0.1) is 0 Å². The molecule has 0 amide bonds. The van der Waals surface area contributed by atoms with E-state index in [2.05, 4.69) is 30.2 Å². The molecule has 2 rings (SSSR count). The molecule has 0 spiro atoms. The summed E-state index contributed by atoms with van der Waals surface area (Å²) in [6.07, 6.45) is 2.78. The molecule has 112 valence electrons. The van der Waals surface area contributed by atoms with Crippen LogP contribution in [0.2, 0.25) is 0 Å². The average molecular weight is 304 g/mol. The van der Waals surface area contributed by atoms with Gasteiger partial charge in [0.2, 0.25) is 0 Å². The minimum Gasteiger partial charge on any atom is -0.362 e. The zero-order valence-corrected chi connectivity index (χ0v) is 13.5. The second-order valence-corrected chi connectivity index (χ2v) is 7.26. The SMILES string of the molecule is Cc1cccc(C(C)Nc2ncccc2S(C)(=O)=O)c1C. The normalized spacial score (nSPS) is 13.0. The molecule has 0 fully saturated rings. The Bertz CT molecular complexity index is 755. The first-order valence-corrected chi connectivity index (χ1v) is 8.67. The zero-order chi connectivity index (χ0) is 15.6. The molecule has 1 aromatic carbocycles. The van der Waals surface area contributed by atoms with Gasteiger partial charge in [-0.1, -0.05) is 18.2 Å². The monoisotopic (exact) mass is 304 g/mol. The van der Waals surface area contributed by atoms with E-state index < -0.39 is 9.84 Å². The van der Waals surface area contributed by atoms with Crippen LogP contribution in [0.15, 0.2) is 41.4 Å². The van der Waals surface area contributed by atoms with Crippen LogP contribution in [0.25, 0.3) is 0 Å². The van der Waals surface area contributed by atoms with Crippen molar-refractivity contribution >= 4 is 15.7 Å². The third kappa shape index (κ3) is 3.42. The standard InChI is InChI=1S/C16H20N2O2S/c1-11-7-5-8-14(12(11)2)13(3)18-16-15(21(4,19)20)9-6-10-17-16/h5-10,13H,1-4H3,(H,17,18). The Morgan fingerprint density at radius 2 is 1.86 bits per heavy atom. The van der Waals surface area contributed by atoms with Crippen LogP contribution in [0.5, 0.6) is 0 Å². The molecule has 1 atom stereocenters. The van der Waals surface area contributed by atoms with Crippen molar-refractivity contribution in [3.05, 3.63) is 53.2 Å². The lowest BCUT2D eigenvalue weighted by atomic mass is 9.98. The molecule has 1 heterocycles. The van der Waals surface area contributed by atoms with Crippen molar-refractivity contribution in [3.63, 3.8) is 0 Å². The van der Waals surface area contributed by atoms with Crippen LogP contribution >= 0.6 is 0 Å². The number of sulfone groups is 1. The molecule has 0 saturated heterocycles. The molecule has 0 bridgehead atoms. The number of pyridine rings is 1. The van der Waals surface area contributed by atoms with Crippen LogP contribution in [0, 0.1) is 13.8 Å². The van der Waals surface area contributed by atoms with E-state index >= 15 is 0 Å². The lowest BCUT2D eigenvalue weighted by Crippen LogP contribution is -2.13. The molecule has 21 heavy (non-hydrogen) atoms. The fourth-order valence-corrected chi connectivity index (χ4v) is 3.11. The molecular weight excluding hydrogens is 284 g/mol. The van der Waals surface area contributed by atoms with Gasteiger partial charge in [0, 0.05) is 12.5 Å². The lowest BCUT2D eigenvalue weighted by molar-refractivity contribution is 0.601. The van der Waals surface area contributed by atoms with E-state index in [1.807, 2.05) is 19.1 Å². The molecule has 0 aliphatic carbocycles. The van der Waals surface area contributed by atoms with E-state index in [0.29, 0.717) is 5.82 Å². The number of hydrogen-bond acceptors (Lipinski definition) is 4. The maximum Gasteiger partial charge on any atom is 0.179 e. The van der Waals surface area contributed by atoms with Crippen molar-refractivity contribution in [2.75, 3.05) is 11.6 Å². The van der Waals surface area contributed by atoms with E-state index in [4.69, 9.17) is 0 Å². The molecule has 0 aliphatic heterocycles. The highest BCUT2D eigenvalue weighted by Gasteiger charge is 2.17. The van der Waals surface area contributed by atoms with Crippen molar-refractivity contribution < 1.29 is 8.42 Å². The number of benzene rings is 1. The largest absolute Gasteiger partial charge is 0.362 e. The van der Waals surface area contributed by atoms with Crippen LogP contribution < -0.4 is 5.32 Å². The van der Waals surface area contributed by atoms with Gasteiger partial charge in [-0.3, -0.25) is 0 Å². The number of nitrogens with zero attached hydrogens (tertiary/aromatic N) is 1. The Hall–Kier alpha value is -1.88. The summed E-state index contributed by atoms with van der Waals surface area (Å²) in [6, 6.07) is 9.29. The van der Waals surface area contributed by atoms with Crippen molar-refractivity contribution in [1.82, 2.24) is 4.98 Å². The van der Waals surface area contributed by atoms with Gasteiger partial charge in [-0.25, -0.2) is 13.4 Å². The van der Waals surface area contributed by atoms with E-state index in [1.54, 1.807) is 18.3 Å². The number of anilines is 1. The zero-order valence-electron chi connectivity index (χ0n) is 12.7. The van der Waals surface area contributed by atoms with E-state index in [0.717, 1.165) is 5.56 Å². The third-order valence-electron chi connectivity index (χ3n) is 3.64. The Morgan fingerprint density at radius 3 is 2.52 bits per heavy atom. The molecule has 1 unspecified atom stereocenters. The van der Waals surface area contributed by atoms with Crippen LogP contribution in [0.3, 0.4) is 0 Å². The topological polar surface area (TPSA) is 59.1 Å². The Morgan fingerprint density at radius 1 is 1.14 bits per heavy atom. The maximum atomic E-state index is 11.8. The van der Waals surface area contributed by atoms with Crippen molar-refractivity contribution in [2.45, 2.75) is 31.7 Å². The number of aryl methyl sites for hydroxylation is 1. The van der Waals surface area contributed by atoms with Crippen molar-refractivity contribution in [3.8, 4) is 0 Å². The third-order valence-corrected chi connectivity index (χ3v) is 4.76. The van der Waals surface area contributed by atoms with Crippen molar-refractivity contribution in [2.24, 2.45) is 0 Å². The second kappa shape index (κ2) is 5.85. The number of aromatic nitrogens is 1. The summed E-state index contributed by atoms with van der Waals surface area (Å²) >= 11 is 0. The Kier molecular flexibility index (Phi) is 4.32. The fourth-order valence-electron chi connectivity index (χ4n) is 2.32. The fraction of sp³-hybridized carbons (Fsp3) is 0.312. The van der Waals surface area contributed by atoms with E-state index in [-0.39, 0.29) is 10.9 Å². The average Bonchev–Trinajstić information content (AvgIpc) is 2.41. The first-order chi connectivity index (χ1) is 9.80. The predicted octanol–water partition coefficient (Wildman–Crippen LogP) is 3.28. The summed E-state index contributed by atoms with van der Waals surface area (Å²) in [5.74, 6) is 0.397. The van der Waals surface area contributed by atoms with Crippen LogP contribution in [-0.2, 0) is 9.84 Å². The molecule has 1 N–H and O–H groups in total. The van der Waals surface area contributed by atoms with E-state index in [9.17, 15) is 8.42 Å². The van der Waals surface area contributed by atoms with Gasteiger partial charge in [-0.2, -0.15) is 0 Å². The first kappa shape index (κ1) is 15.5. The van der Waals surface area contributed by atoms with Gasteiger partial charge in [0.25, 0.3) is 0 Å². The number of nitrogens with one attached hydrogen (secondary N) is 1. The quantitative estimate of drug-likeness (QED) is 0.941. The highest BCUT2D eigenvalue weighted by molar-refractivity contribution is 7.90. The van der Waals surface area contributed by atoms with Crippen molar-refractivity contribution in [1.29, 1.82) is 0 Å². The molecule has 2 aromatic rings.